The molecule has 2 aliphatic rings. The van der Waals surface area contributed by atoms with Crippen LogP contribution in [0.2, 0.25) is 0 Å². The fraction of sp³-hybridized carbons (Fsp3) is 0.588. The molecule has 1 spiro atoms. The standard InChI is InChI=1S/C17H24N4O2S/c1-12(2)3-6-21-11-17(9-14(21)22)4-7-20(8-5-17)16-19-13(10-24-16)15(18)23/h3,10H,4-9,11H2,1-2H3,(H2,18,23). The number of allylic oxidation sites excluding steroid dienone is 1. The molecule has 1 aromatic rings. The minimum atomic E-state index is -0.484. The van der Waals surface area contributed by atoms with Crippen LogP contribution < -0.4 is 10.6 Å². The van der Waals surface area contributed by atoms with Gasteiger partial charge in [0, 0.05) is 43.4 Å². The van der Waals surface area contributed by atoms with Gasteiger partial charge in [0.15, 0.2) is 5.13 Å². The summed E-state index contributed by atoms with van der Waals surface area (Å²) >= 11 is 1.46. The van der Waals surface area contributed by atoms with E-state index in [4.69, 9.17) is 5.73 Å². The van der Waals surface area contributed by atoms with Crippen LogP contribution in [0, 0.1) is 5.41 Å². The van der Waals surface area contributed by atoms with Crippen LogP contribution in [-0.2, 0) is 4.79 Å². The number of hydrogen-bond donors (Lipinski definition) is 1. The maximum atomic E-state index is 12.3. The number of carbonyl (C=O) groups is 2. The molecule has 2 saturated heterocycles. The average Bonchev–Trinajstić information content (AvgIpc) is 3.12. The van der Waals surface area contributed by atoms with Gasteiger partial charge in [0.25, 0.3) is 5.91 Å². The van der Waals surface area contributed by atoms with Crippen molar-refractivity contribution in [1.29, 1.82) is 0 Å². The molecule has 0 radical (unpaired) electrons. The molecule has 130 valence electrons. The SMILES string of the molecule is CC(C)=CCN1CC2(CCN(c3nc(C(N)=O)cs3)CC2)CC1=O. The van der Waals surface area contributed by atoms with Crippen molar-refractivity contribution in [2.45, 2.75) is 33.1 Å². The third kappa shape index (κ3) is 3.45. The van der Waals surface area contributed by atoms with Crippen LogP contribution in [0.3, 0.4) is 0 Å². The lowest BCUT2D eigenvalue weighted by atomic mass is 9.78. The van der Waals surface area contributed by atoms with E-state index in [0.29, 0.717) is 12.1 Å². The van der Waals surface area contributed by atoms with E-state index in [9.17, 15) is 9.59 Å². The van der Waals surface area contributed by atoms with Gasteiger partial charge in [0.05, 0.1) is 0 Å². The molecule has 6 nitrogen and oxygen atoms in total. The van der Waals surface area contributed by atoms with Crippen molar-refractivity contribution >= 4 is 28.3 Å². The number of rotatable bonds is 4. The highest BCUT2D eigenvalue weighted by molar-refractivity contribution is 7.13. The minimum absolute atomic E-state index is 0.104. The van der Waals surface area contributed by atoms with Gasteiger partial charge >= 0.3 is 0 Å². The number of nitrogens with two attached hydrogens (primary N) is 1. The Labute approximate surface area is 146 Å². The molecule has 2 fully saturated rings. The third-order valence-electron chi connectivity index (χ3n) is 4.96. The molecule has 0 bridgehead atoms. The third-order valence-corrected chi connectivity index (χ3v) is 5.87. The lowest BCUT2D eigenvalue weighted by molar-refractivity contribution is -0.127. The summed E-state index contributed by atoms with van der Waals surface area (Å²) in [7, 11) is 0. The second kappa shape index (κ2) is 6.55. The number of carbonyl (C=O) groups excluding carboxylic acids is 2. The van der Waals surface area contributed by atoms with Crippen molar-refractivity contribution in [2.24, 2.45) is 11.1 Å². The molecule has 0 unspecified atom stereocenters. The summed E-state index contributed by atoms with van der Waals surface area (Å²) < 4.78 is 0. The van der Waals surface area contributed by atoms with E-state index >= 15 is 0 Å². The maximum absolute atomic E-state index is 12.3. The first-order chi connectivity index (χ1) is 11.4. The highest BCUT2D eigenvalue weighted by Crippen LogP contribution is 2.42. The molecular formula is C17H24N4O2S. The van der Waals surface area contributed by atoms with Crippen LogP contribution in [0.25, 0.3) is 0 Å². The molecule has 2 amide bonds. The van der Waals surface area contributed by atoms with Crippen molar-refractivity contribution in [3.05, 3.63) is 22.7 Å². The molecule has 2 aliphatic heterocycles. The first-order valence-corrected chi connectivity index (χ1v) is 9.18. The van der Waals surface area contributed by atoms with Gasteiger partial charge in [-0.1, -0.05) is 11.6 Å². The van der Waals surface area contributed by atoms with Gasteiger partial charge in [-0.2, -0.15) is 0 Å². The molecule has 2 N–H and O–H groups in total. The van der Waals surface area contributed by atoms with E-state index in [2.05, 4.69) is 29.8 Å². The quantitative estimate of drug-likeness (QED) is 0.844. The Kier molecular flexibility index (Phi) is 4.62. The minimum Gasteiger partial charge on any atom is -0.364 e. The van der Waals surface area contributed by atoms with E-state index in [1.54, 1.807) is 5.38 Å². The normalized spacial score (nSPS) is 19.8. The highest BCUT2D eigenvalue weighted by Gasteiger charge is 2.44. The number of piperidine rings is 1. The van der Waals surface area contributed by atoms with Gasteiger partial charge in [0.2, 0.25) is 5.91 Å². The monoisotopic (exact) mass is 348 g/mol. The van der Waals surface area contributed by atoms with Gasteiger partial charge in [-0.25, -0.2) is 4.98 Å². The molecule has 0 aromatic carbocycles. The van der Waals surface area contributed by atoms with E-state index in [0.717, 1.165) is 44.2 Å². The number of amides is 2. The topological polar surface area (TPSA) is 79.5 Å². The molecular weight excluding hydrogens is 324 g/mol. The van der Waals surface area contributed by atoms with Gasteiger partial charge in [0.1, 0.15) is 5.69 Å². The van der Waals surface area contributed by atoms with Gasteiger partial charge in [-0.05, 0) is 26.7 Å². The zero-order valence-electron chi connectivity index (χ0n) is 14.2. The summed E-state index contributed by atoms with van der Waals surface area (Å²) in [5, 5.41) is 2.56. The Morgan fingerprint density at radius 3 is 2.71 bits per heavy atom. The Hall–Kier alpha value is -1.89. The van der Waals surface area contributed by atoms with Crippen LogP contribution in [0.15, 0.2) is 17.0 Å². The summed E-state index contributed by atoms with van der Waals surface area (Å²) in [6.45, 7) is 7.44. The second-order valence-electron chi connectivity index (χ2n) is 7.10. The Morgan fingerprint density at radius 2 is 2.12 bits per heavy atom. The van der Waals surface area contributed by atoms with E-state index in [-0.39, 0.29) is 11.3 Å². The van der Waals surface area contributed by atoms with Crippen LogP contribution in [0.4, 0.5) is 5.13 Å². The molecule has 3 rings (SSSR count). The van der Waals surface area contributed by atoms with Gasteiger partial charge in [-0.15, -0.1) is 11.3 Å². The van der Waals surface area contributed by atoms with Crippen molar-refractivity contribution in [3.8, 4) is 0 Å². The highest BCUT2D eigenvalue weighted by atomic mass is 32.1. The maximum Gasteiger partial charge on any atom is 0.268 e. The molecule has 24 heavy (non-hydrogen) atoms. The Balaban J connectivity index is 1.61. The average molecular weight is 348 g/mol. The predicted molar refractivity (Wildman–Crippen MR) is 95.1 cm³/mol. The van der Waals surface area contributed by atoms with Crippen molar-refractivity contribution in [3.63, 3.8) is 0 Å². The fourth-order valence-corrected chi connectivity index (χ4v) is 4.34. The van der Waals surface area contributed by atoms with Crippen molar-refractivity contribution in [2.75, 3.05) is 31.1 Å². The molecule has 3 heterocycles. The van der Waals surface area contributed by atoms with Crippen LogP contribution in [0.1, 0.15) is 43.6 Å². The second-order valence-corrected chi connectivity index (χ2v) is 7.94. The zero-order chi connectivity index (χ0) is 17.3. The number of anilines is 1. The molecule has 7 heteroatoms. The summed E-state index contributed by atoms with van der Waals surface area (Å²) in [5.41, 5.74) is 6.95. The molecule has 0 atom stereocenters. The molecule has 0 aliphatic carbocycles. The van der Waals surface area contributed by atoms with E-state index in [1.165, 1.54) is 16.9 Å². The first-order valence-electron chi connectivity index (χ1n) is 8.30. The summed E-state index contributed by atoms with van der Waals surface area (Å²) in [6, 6.07) is 0. The van der Waals surface area contributed by atoms with Gasteiger partial charge in [-0.3, -0.25) is 9.59 Å². The number of likely N-dealkylation sites (tertiary alicyclic amines) is 1. The smallest absolute Gasteiger partial charge is 0.268 e. The van der Waals surface area contributed by atoms with E-state index < -0.39 is 5.91 Å². The number of nitrogens with zero attached hydrogens (tertiary/aromatic N) is 3. The Morgan fingerprint density at radius 1 is 1.42 bits per heavy atom. The fourth-order valence-electron chi connectivity index (χ4n) is 3.47. The van der Waals surface area contributed by atoms with Gasteiger partial charge < -0.3 is 15.5 Å². The number of thiazole rings is 1. The van der Waals surface area contributed by atoms with Crippen molar-refractivity contribution in [1.82, 2.24) is 9.88 Å². The van der Waals surface area contributed by atoms with Crippen LogP contribution >= 0.6 is 11.3 Å². The Bertz CT molecular complexity index is 670. The van der Waals surface area contributed by atoms with Crippen LogP contribution in [-0.4, -0.2) is 47.9 Å². The molecule has 1 aromatic heterocycles. The van der Waals surface area contributed by atoms with Crippen LogP contribution in [0.5, 0.6) is 0 Å². The predicted octanol–water partition coefficient (Wildman–Crippen LogP) is 2.03. The lowest BCUT2D eigenvalue weighted by Crippen LogP contribution is -2.41. The number of aromatic nitrogens is 1. The summed E-state index contributed by atoms with van der Waals surface area (Å²) in [4.78, 5) is 32.0. The first kappa shape index (κ1) is 17.0. The number of hydrogen-bond acceptors (Lipinski definition) is 5. The molecule has 0 saturated carbocycles. The summed E-state index contributed by atoms with van der Waals surface area (Å²) in [5.74, 6) is -0.214. The number of primary amides is 1. The zero-order valence-corrected chi connectivity index (χ0v) is 15.1. The van der Waals surface area contributed by atoms with Crippen molar-refractivity contribution < 1.29 is 9.59 Å². The summed E-state index contributed by atoms with van der Waals surface area (Å²) in [6.07, 6.45) is 4.74. The van der Waals surface area contributed by atoms with E-state index in [1.807, 2.05) is 4.90 Å². The largest absolute Gasteiger partial charge is 0.364 e. The lowest BCUT2D eigenvalue weighted by Gasteiger charge is -2.38.